The third-order valence-corrected chi connectivity index (χ3v) is 2.84. The first-order chi connectivity index (χ1) is 5.73. The number of ether oxygens (including phenoxy) is 1. The van der Waals surface area contributed by atoms with Gasteiger partial charge in [0, 0.05) is 0 Å². The molecule has 7 heteroatoms. The molecule has 0 saturated heterocycles. The molecule has 0 aromatic carbocycles. The maximum absolute atomic E-state index is 11.0. The Morgan fingerprint density at radius 1 is 1.43 bits per heavy atom. The summed E-state index contributed by atoms with van der Waals surface area (Å²) < 4.78 is 34.1. The molecule has 0 rings (SSSR count). The summed E-state index contributed by atoms with van der Waals surface area (Å²) in [4.78, 5) is 11.0. The molecule has 0 saturated carbocycles. The summed E-state index contributed by atoms with van der Waals surface area (Å²) in [5.74, 6) is -1.08. The Labute approximate surface area is 126 Å². The van der Waals surface area contributed by atoms with Gasteiger partial charge in [-0.2, -0.15) is 0 Å². The third-order valence-electron chi connectivity index (χ3n) is 1.43. The fraction of sp³-hybridized carbons (Fsp3) is 0.571. The molecule has 5 nitrogen and oxygen atoms in total. The van der Waals surface area contributed by atoms with Crippen molar-refractivity contribution in [2.24, 2.45) is 0 Å². The zero-order valence-corrected chi connectivity index (χ0v) is 12.5. The van der Waals surface area contributed by atoms with Gasteiger partial charge in [0.05, 0.1) is 6.26 Å². The summed E-state index contributed by atoms with van der Waals surface area (Å²) in [6.07, 6.45) is 2.43. The van der Waals surface area contributed by atoms with Crippen molar-refractivity contribution in [1.82, 2.24) is 0 Å². The van der Waals surface area contributed by atoms with Gasteiger partial charge in [-0.15, -0.1) is 0 Å². The monoisotopic (exact) mass is 246 g/mol. The topological polar surface area (TPSA) is 83.5 Å². The summed E-state index contributed by atoms with van der Waals surface area (Å²) >= 11 is 0. The van der Waals surface area contributed by atoms with Crippen molar-refractivity contribution < 1.29 is 73.9 Å². The molecule has 0 heterocycles. The summed E-state index contributed by atoms with van der Waals surface area (Å²) in [6.45, 7) is 3.59. The van der Waals surface area contributed by atoms with Crippen LogP contribution in [0.4, 0.5) is 0 Å². The first-order valence-corrected chi connectivity index (χ1v) is 4.92. The van der Waals surface area contributed by atoms with Gasteiger partial charge in [-0.1, -0.05) is 6.08 Å². The van der Waals surface area contributed by atoms with Gasteiger partial charge in [-0.25, -0.2) is 8.42 Å². The molecule has 0 amide bonds. The molecule has 0 spiro atoms. The number of esters is 1. The summed E-state index contributed by atoms with van der Waals surface area (Å²) in [5.41, 5.74) is 0. The zero-order chi connectivity index (χ0) is 10.7. The van der Waals surface area contributed by atoms with E-state index in [0.29, 0.717) is 0 Å². The van der Waals surface area contributed by atoms with Crippen LogP contribution < -0.4 is 51.4 Å². The van der Waals surface area contributed by atoms with Crippen LogP contribution in [0.3, 0.4) is 0 Å². The van der Waals surface area contributed by atoms with Crippen molar-refractivity contribution in [1.29, 1.82) is 0 Å². The third kappa shape index (κ3) is 4.52. The smallest absolute Gasteiger partial charge is 0.747 e. The molecule has 0 atom stereocenters. The number of hydrogen-bond acceptors (Lipinski definition) is 5. The summed E-state index contributed by atoms with van der Waals surface area (Å²) in [5, 5.41) is 0. The second-order valence-corrected chi connectivity index (χ2v) is 4.77. The molecule has 0 bridgehead atoms. The first kappa shape index (κ1) is 17.2. The number of carbonyl (C=O) groups excluding carboxylic acids is 1. The molecule has 0 fully saturated rings. The van der Waals surface area contributed by atoms with Crippen LogP contribution >= 0.6 is 0 Å². The molecule has 0 aromatic rings. The fourth-order valence-corrected chi connectivity index (χ4v) is 0.626. The Hall–Kier alpha value is 0.756. The van der Waals surface area contributed by atoms with Gasteiger partial charge in [0.25, 0.3) is 0 Å². The van der Waals surface area contributed by atoms with Crippen LogP contribution in [0, 0.1) is 0 Å². The summed E-state index contributed by atoms with van der Waals surface area (Å²) in [7, 11) is -4.69. The van der Waals surface area contributed by atoms with Crippen LogP contribution in [0.25, 0.3) is 0 Å². The van der Waals surface area contributed by atoms with Crippen LogP contribution in [0.2, 0.25) is 0 Å². The van der Waals surface area contributed by atoms with Crippen LogP contribution in [0.15, 0.2) is 12.3 Å². The van der Waals surface area contributed by atoms with Crippen molar-refractivity contribution in [2.45, 2.75) is 25.5 Å². The van der Waals surface area contributed by atoms with Gasteiger partial charge in [0.1, 0.15) is 10.1 Å². The van der Waals surface area contributed by atoms with E-state index in [9.17, 15) is 17.8 Å². The molecule has 0 aromatic heterocycles. The molecule has 0 aliphatic heterocycles. The number of allylic oxidation sites excluding steroid dienone is 1. The number of hydrogen-bond donors (Lipinski definition) is 0. The minimum absolute atomic E-state index is 0. The Kier molecular flexibility index (Phi) is 7.80. The first-order valence-electron chi connectivity index (χ1n) is 3.51. The van der Waals surface area contributed by atoms with Crippen LogP contribution in [-0.2, 0) is 19.6 Å². The molecular weight excluding hydrogens is 235 g/mol. The molecule has 14 heavy (non-hydrogen) atoms. The van der Waals surface area contributed by atoms with E-state index < -0.39 is 20.8 Å². The average Bonchev–Trinajstić information content (AvgIpc) is 1.97. The molecule has 0 radical (unpaired) electrons. The van der Waals surface area contributed by atoms with Gasteiger partial charge < -0.3 is 9.29 Å². The van der Waals surface area contributed by atoms with Crippen molar-refractivity contribution >= 4 is 16.1 Å². The second-order valence-electron chi connectivity index (χ2n) is 2.84. The largest absolute Gasteiger partial charge is 1.00 e. The Balaban J connectivity index is 0. The Morgan fingerprint density at radius 2 is 1.86 bits per heavy atom. The average molecular weight is 246 g/mol. The van der Waals surface area contributed by atoms with E-state index in [1.54, 1.807) is 6.92 Å². The van der Waals surface area contributed by atoms with Crippen molar-refractivity contribution in [3.8, 4) is 0 Å². The van der Waals surface area contributed by atoms with E-state index in [1.165, 1.54) is 6.08 Å². The van der Waals surface area contributed by atoms with Crippen LogP contribution in [0.1, 0.15) is 20.8 Å². The minimum atomic E-state index is -4.69. The number of rotatable bonds is 3. The van der Waals surface area contributed by atoms with E-state index in [0.717, 1.165) is 20.1 Å². The molecule has 76 valence electrons. The van der Waals surface area contributed by atoms with E-state index in [4.69, 9.17) is 0 Å². The predicted octanol–water partition coefficient (Wildman–Crippen LogP) is -2.61. The normalized spacial score (nSPS) is 12.3. The molecular formula is C7H11KO5S. The molecule has 0 N–H and O–H groups in total. The van der Waals surface area contributed by atoms with Gasteiger partial charge in [-0.3, -0.25) is 4.79 Å². The van der Waals surface area contributed by atoms with E-state index >= 15 is 0 Å². The number of carbonyl (C=O) groups is 1. The minimum Gasteiger partial charge on any atom is -0.747 e. The fourth-order valence-electron chi connectivity index (χ4n) is 0.374. The van der Waals surface area contributed by atoms with Crippen molar-refractivity contribution in [2.75, 3.05) is 0 Å². The summed E-state index contributed by atoms with van der Waals surface area (Å²) in [6, 6.07) is 0. The van der Waals surface area contributed by atoms with Gasteiger partial charge >= 0.3 is 57.4 Å². The molecule has 0 aliphatic carbocycles. The van der Waals surface area contributed by atoms with E-state index in [2.05, 4.69) is 4.74 Å². The Morgan fingerprint density at radius 3 is 2.14 bits per heavy atom. The van der Waals surface area contributed by atoms with Gasteiger partial charge in [0.15, 0.2) is 4.75 Å². The van der Waals surface area contributed by atoms with Crippen LogP contribution in [0.5, 0.6) is 0 Å². The van der Waals surface area contributed by atoms with Gasteiger partial charge in [0.2, 0.25) is 0 Å². The standard InChI is InChI=1S/C7H12O5S.K/c1-4-5-12-6(8)7(2,3)13(9,10)11;/h4-5H,1-3H3,(H,9,10,11);/q;+1/p-1/b5-4+;. The second kappa shape index (κ2) is 6.36. The quantitative estimate of drug-likeness (QED) is 0.236. The van der Waals surface area contributed by atoms with Crippen molar-refractivity contribution in [3.63, 3.8) is 0 Å². The Bertz CT molecular complexity index is 317. The SMILES string of the molecule is C/C=C/OC(=O)C(C)(C)S(=O)(=O)[O-].[K+]. The van der Waals surface area contributed by atoms with Crippen molar-refractivity contribution in [3.05, 3.63) is 12.3 Å². The van der Waals surface area contributed by atoms with E-state index in [-0.39, 0.29) is 51.4 Å². The maximum Gasteiger partial charge on any atom is 1.00 e. The predicted molar refractivity (Wildman–Crippen MR) is 44.7 cm³/mol. The molecule has 0 unspecified atom stereocenters. The van der Waals surface area contributed by atoms with E-state index in [1.807, 2.05) is 0 Å². The van der Waals surface area contributed by atoms with Gasteiger partial charge in [-0.05, 0) is 20.8 Å². The maximum atomic E-state index is 11.0. The molecule has 0 aliphatic rings. The van der Waals surface area contributed by atoms with Crippen LogP contribution in [-0.4, -0.2) is 23.7 Å². The zero-order valence-electron chi connectivity index (χ0n) is 8.60.